The lowest BCUT2D eigenvalue weighted by atomic mass is 10.2. The van der Waals surface area contributed by atoms with E-state index < -0.39 is 16.1 Å². The van der Waals surface area contributed by atoms with Crippen molar-refractivity contribution in [3.8, 4) is 0 Å². The van der Waals surface area contributed by atoms with Crippen LogP contribution in [0.5, 0.6) is 0 Å². The van der Waals surface area contributed by atoms with Crippen molar-refractivity contribution in [3.05, 3.63) is 29.3 Å². The molecule has 1 fully saturated rings. The van der Waals surface area contributed by atoms with Gasteiger partial charge in [-0.1, -0.05) is 24.6 Å². The third kappa shape index (κ3) is 6.62. The van der Waals surface area contributed by atoms with Gasteiger partial charge in [0.2, 0.25) is 15.9 Å². The molecule has 0 saturated carbocycles. The number of amides is 1. The Kier molecular flexibility index (Phi) is 8.55. The summed E-state index contributed by atoms with van der Waals surface area (Å²) in [4.78, 5) is 17.4. The molecule has 1 aliphatic rings. The van der Waals surface area contributed by atoms with Gasteiger partial charge in [0.15, 0.2) is 0 Å². The number of nitrogens with zero attached hydrogens (tertiary/aromatic N) is 3. The molecule has 1 heterocycles. The molecule has 2 rings (SSSR count). The highest BCUT2D eigenvalue weighted by molar-refractivity contribution is 7.92. The largest absolute Gasteiger partial charge is 0.354 e. The van der Waals surface area contributed by atoms with Gasteiger partial charge in [-0.2, -0.15) is 0 Å². The highest BCUT2D eigenvalue weighted by atomic mass is 35.5. The van der Waals surface area contributed by atoms with Gasteiger partial charge >= 0.3 is 0 Å². The average molecular weight is 431 g/mol. The molecule has 1 aromatic carbocycles. The molecule has 0 bridgehead atoms. The van der Waals surface area contributed by atoms with Crippen LogP contribution in [0.25, 0.3) is 0 Å². The monoisotopic (exact) mass is 430 g/mol. The fourth-order valence-corrected chi connectivity index (χ4v) is 4.77. The average Bonchev–Trinajstić information content (AvgIpc) is 2.63. The highest BCUT2D eigenvalue weighted by Crippen LogP contribution is 2.25. The lowest BCUT2D eigenvalue weighted by molar-refractivity contribution is -0.122. The zero-order valence-corrected chi connectivity index (χ0v) is 18.5. The fourth-order valence-electron chi connectivity index (χ4n) is 3.38. The Morgan fingerprint density at radius 3 is 2.54 bits per heavy atom. The van der Waals surface area contributed by atoms with Crippen molar-refractivity contribution >= 4 is 33.2 Å². The van der Waals surface area contributed by atoms with E-state index in [9.17, 15) is 13.2 Å². The van der Waals surface area contributed by atoms with Crippen LogP contribution in [-0.4, -0.2) is 82.7 Å². The molecule has 7 nitrogen and oxygen atoms in total. The predicted molar refractivity (Wildman–Crippen MR) is 114 cm³/mol. The zero-order chi connectivity index (χ0) is 20.7. The topological polar surface area (TPSA) is 73.0 Å². The van der Waals surface area contributed by atoms with Gasteiger partial charge in [-0.3, -0.25) is 9.10 Å². The lowest BCUT2D eigenvalue weighted by Crippen LogP contribution is -2.50. The molecule has 1 saturated heterocycles. The van der Waals surface area contributed by atoms with E-state index >= 15 is 0 Å². The van der Waals surface area contributed by atoms with Crippen LogP contribution in [0.15, 0.2) is 24.3 Å². The number of halogens is 1. The number of nitrogens with one attached hydrogen (secondary N) is 1. The van der Waals surface area contributed by atoms with Crippen molar-refractivity contribution in [2.45, 2.75) is 25.8 Å². The highest BCUT2D eigenvalue weighted by Gasteiger charge is 2.31. The summed E-state index contributed by atoms with van der Waals surface area (Å²) in [5.41, 5.74) is 0.398. The number of rotatable bonds is 9. The normalized spacial score (nSPS) is 17.3. The quantitative estimate of drug-likeness (QED) is 0.603. The SMILES string of the molecule is CCC(C(=O)NCCCN1CCN(C)CC1)N(c1cccc(Cl)c1)S(C)(=O)=O. The number of piperazine rings is 1. The minimum Gasteiger partial charge on any atom is -0.354 e. The van der Waals surface area contributed by atoms with Crippen LogP contribution < -0.4 is 9.62 Å². The molecule has 0 radical (unpaired) electrons. The van der Waals surface area contributed by atoms with Gasteiger partial charge in [-0.05, 0) is 44.6 Å². The summed E-state index contributed by atoms with van der Waals surface area (Å²) in [6.07, 6.45) is 2.31. The van der Waals surface area contributed by atoms with Crippen LogP contribution in [0, 0.1) is 0 Å². The third-order valence-electron chi connectivity index (χ3n) is 4.94. The molecule has 1 aromatic rings. The standard InChI is InChI=1S/C19H31ClN4O3S/c1-4-18(24(28(3,26)27)17-8-5-7-16(20)15-17)19(25)21-9-6-10-23-13-11-22(2)12-14-23/h5,7-8,15,18H,4,6,9-14H2,1-3H3,(H,21,25). The van der Waals surface area contributed by atoms with E-state index in [4.69, 9.17) is 11.6 Å². The number of hydrogen-bond donors (Lipinski definition) is 1. The fraction of sp³-hybridized carbons (Fsp3) is 0.632. The van der Waals surface area contributed by atoms with E-state index in [-0.39, 0.29) is 5.91 Å². The summed E-state index contributed by atoms with van der Waals surface area (Å²) in [5, 5.41) is 3.33. The van der Waals surface area contributed by atoms with Crippen LogP contribution in [0.4, 0.5) is 5.69 Å². The van der Waals surface area contributed by atoms with Crippen LogP contribution in [0.1, 0.15) is 19.8 Å². The molecular weight excluding hydrogens is 400 g/mol. The maximum Gasteiger partial charge on any atom is 0.243 e. The second kappa shape index (κ2) is 10.4. The summed E-state index contributed by atoms with van der Waals surface area (Å²) in [6.45, 7) is 7.46. The first-order valence-electron chi connectivity index (χ1n) is 9.66. The predicted octanol–water partition coefficient (Wildman–Crippen LogP) is 1.64. The molecule has 1 atom stereocenters. The summed E-state index contributed by atoms with van der Waals surface area (Å²) >= 11 is 6.02. The lowest BCUT2D eigenvalue weighted by Gasteiger charge is -2.32. The van der Waals surface area contributed by atoms with Gasteiger partial charge in [0.25, 0.3) is 0 Å². The second-order valence-corrected chi connectivity index (χ2v) is 9.55. The second-order valence-electron chi connectivity index (χ2n) is 7.25. The van der Waals surface area contributed by atoms with Crippen molar-refractivity contribution < 1.29 is 13.2 Å². The first-order chi connectivity index (χ1) is 13.2. The van der Waals surface area contributed by atoms with Crippen LogP contribution in [-0.2, 0) is 14.8 Å². The van der Waals surface area contributed by atoms with Gasteiger partial charge in [0.1, 0.15) is 6.04 Å². The van der Waals surface area contributed by atoms with Gasteiger partial charge in [0, 0.05) is 37.7 Å². The number of benzene rings is 1. The maximum absolute atomic E-state index is 12.7. The van der Waals surface area contributed by atoms with Crippen LogP contribution in [0.3, 0.4) is 0 Å². The Morgan fingerprint density at radius 1 is 1.29 bits per heavy atom. The van der Waals surface area contributed by atoms with E-state index in [0.717, 1.165) is 49.7 Å². The van der Waals surface area contributed by atoms with Crippen molar-refractivity contribution in [2.75, 3.05) is 56.9 Å². The number of sulfonamides is 1. The van der Waals surface area contributed by atoms with Crippen LogP contribution >= 0.6 is 11.6 Å². The van der Waals surface area contributed by atoms with Gasteiger partial charge in [0.05, 0.1) is 11.9 Å². The van der Waals surface area contributed by atoms with E-state index in [1.807, 2.05) is 0 Å². The molecule has 1 N–H and O–H groups in total. The smallest absolute Gasteiger partial charge is 0.243 e. The van der Waals surface area contributed by atoms with Crippen molar-refractivity contribution in [2.24, 2.45) is 0 Å². The van der Waals surface area contributed by atoms with E-state index in [0.29, 0.717) is 23.7 Å². The molecule has 9 heteroatoms. The maximum atomic E-state index is 12.7. The molecular formula is C19H31ClN4O3S. The van der Waals surface area contributed by atoms with E-state index in [1.165, 1.54) is 0 Å². The molecule has 1 aliphatic heterocycles. The van der Waals surface area contributed by atoms with Crippen molar-refractivity contribution in [3.63, 3.8) is 0 Å². The number of carbonyl (C=O) groups is 1. The summed E-state index contributed by atoms with van der Waals surface area (Å²) in [5.74, 6) is -0.286. The Morgan fingerprint density at radius 2 is 1.96 bits per heavy atom. The Hall–Kier alpha value is -1.35. The molecule has 0 aromatic heterocycles. The first kappa shape index (κ1) is 22.9. The van der Waals surface area contributed by atoms with Crippen molar-refractivity contribution in [1.29, 1.82) is 0 Å². The number of hydrogen-bond acceptors (Lipinski definition) is 5. The minimum absolute atomic E-state index is 0.286. The molecule has 1 amide bonds. The van der Waals surface area contributed by atoms with Crippen LogP contribution in [0.2, 0.25) is 5.02 Å². The van der Waals surface area contributed by atoms with E-state index in [2.05, 4.69) is 22.2 Å². The zero-order valence-electron chi connectivity index (χ0n) is 16.9. The van der Waals surface area contributed by atoms with Crippen molar-refractivity contribution in [1.82, 2.24) is 15.1 Å². The number of carbonyl (C=O) groups excluding carboxylic acids is 1. The van der Waals surface area contributed by atoms with Gasteiger partial charge in [-0.25, -0.2) is 8.42 Å². The minimum atomic E-state index is -3.64. The summed E-state index contributed by atoms with van der Waals surface area (Å²) in [7, 11) is -1.52. The van der Waals surface area contributed by atoms with Gasteiger partial charge in [-0.15, -0.1) is 0 Å². The third-order valence-corrected chi connectivity index (χ3v) is 6.35. The Balaban J connectivity index is 1.96. The molecule has 158 valence electrons. The van der Waals surface area contributed by atoms with Gasteiger partial charge < -0.3 is 15.1 Å². The first-order valence-corrected chi connectivity index (χ1v) is 11.9. The molecule has 1 unspecified atom stereocenters. The molecule has 0 spiro atoms. The van der Waals surface area contributed by atoms with E-state index in [1.54, 1.807) is 31.2 Å². The number of likely N-dealkylation sites (N-methyl/N-ethyl adjacent to an activating group) is 1. The summed E-state index contributed by atoms with van der Waals surface area (Å²) < 4.78 is 26.0. The molecule has 0 aliphatic carbocycles. The Bertz CT molecular complexity index is 751. The summed E-state index contributed by atoms with van der Waals surface area (Å²) in [6, 6.07) is 5.75. The Labute approximate surface area is 173 Å². The number of anilines is 1. The molecule has 28 heavy (non-hydrogen) atoms.